The predicted octanol–water partition coefficient (Wildman–Crippen LogP) is 1.41. The summed E-state index contributed by atoms with van der Waals surface area (Å²) in [5.74, 6) is -0.0202. The highest BCUT2D eigenvalue weighted by Gasteiger charge is 2.06. The first-order chi connectivity index (χ1) is 9.52. The van der Waals surface area contributed by atoms with E-state index >= 15 is 0 Å². The lowest BCUT2D eigenvalue weighted by Crippen LogP contribution is -2.32. The summed E-state index contributed by atoms with van der Waals surface area (Å²) in [6.45, 7) is 2.08. The van der Waals surface area contributed by atoms with Crippen LogP contribution in [-0.4, -0.2) is 43.3 Å². The van der Waals surface area contributed by atoms with Crippen LogP contribution in [0.4, 0.5) is 10.5 Å². The molecule has 0 saturated carbocycles. The third kappa shape index (κ3) is 5.81. The van der Waals surface area contributed by atoms with Crippen LogP contribution >= 0.6 is 0 Å². The monoisotopic (exact) mass is 280 g/mol. The van der Waals surface area contributed by atoms with Gasteiger partial charge >= 0.3 is 6.03 Å². The molecule has 0 heterocycles. The van der Waals surface area contributed by atoms with Gasteiger partial charge in [0.05, 0.1) is 12.7 Å². The highest BCUT2D eigenvalue weighted by atomic mass is 16.5. The number of aliphatic hydroxyl groups excluding tert-OH is 1. The smallest absolute Gasteiger partial charge is 0.319 e. The van der Waals surface area contributed by atoms with Gasteiger partial charge in [-0.3, -0.25) is 4.79 Å². The Bertz CT molecular complexity index is 445. The molecule has 2 amide bonds. The first kappa shape index (κ1) is 16.1. The van der Waals surface area contributed by atoms with E-state index in [1.807, 2.05) is 0 Å². The van der Waals surface area contributed by atoms with Gasteiger partial charge in [0, 0.05) is 24.9 Å². The van der Waals surface area contributed by atoms with Crippen molar-refractivity contribution in [3.05, 3.63) is 29.8 Å². The number of amides is 2. The van der Waals surface area contributed by atoms with Gasteiger partial charge < -0.3 is 20.5 Å². The molecule has 0 spiro atoms. The molecule has 1 atom stereocenters. The second-order valence-electron chi connectivity index (χ2n) is 4.41. The summed E-state index contributed by atoms with van der Waals surface area (Å²) in [7, 11) is 1.51. The number of methoxy groups -OCH3 is 1. The molecule has 1 rings (SSSR count). The summed E-state index contributed by atoms with van der Waals surface area (Å²) >= 11 is 0. The van der Waals surface area contributed by atoms with Crippen molar-refractivity contribution in [3.63, 3.8) is 0 Å². The second kappa shape index (κ2) is 8.29. The van der Waals surface area contributed by atoms with Crippen LogP contribution in [0.15, 0.2) is 24.3 Å². The van der Waals surface area contributed by atoms with E-state index < -0.39 is 6.10 Å². The quantitative estimate of drug-likeness (QED) is 0.659. The van der Waals surface area contributed by atoms with Crippen molar-refractivity contribution in [2.75, 3.05) is 25.6 Å². The van der Waals surface area contributed by atoms with E-state index in [2.05, 4.69) is 10.6 Å². The number of urea groups is 1. The van der Waals surface area contributed by atoms with Crippen molar-refractivity contribution in [1.29, 1.82) is 0 Å². The Hall–Kier alpha value is -1.92. The minimum Gasteiger partial charge on any atom is -0.391 e. The van der Waals surface area contributed by atoms with Gasteiger partial charge in [0.15, 0.2) is 5.78 Å². The molecule has 0 aliphatic heterocycles. The first-order valence-electron chi connectivity index (χ1n) is 6.35. The van der Waals surface area contributed by atoms with Crippen molar-refractivity contribution in [3.8, 4) is 0 Å². The van der Waals surface area contributed by atoms with Crippen LogP contribution in [0.25, 0.3) is 0 Å². The molecule has 0 bridgehead atoms. The van der Waals surface area contributed by atoms with Crippen LogP contribution in [-0.2, 0) is 4.74 Å². The van der Waals surface area contributed by atoms with Crippen LogP contribution in [0.5, 0.6) is 0 Å². The molecule has 110 valence electrons. The third-order valence-corrected chi connectivity index (χ3v) is 2.67. The number of ether oxygens (including phenoxy) is 1. The summed E-state index contributed by atoms with van der Waals surface area (Å²) in [5.41, 5.74) is 1.20. The second-order valence-corrected chi connectivity index (χ2v) is 4.41. The zero-order valence-corrected chi connectivity index (χ0v) is 11.7. The number of ketones is 1. The van der Waals surface area contributed by atoms with Crippen LogP contribution in [0, 0.1) is 0 Å². The summed E-state index contributed by atoms with van der Waals surface area (Å²) in [4.78, 5) is 22.7. The van der Waals surface area contributed by atoms with Gasteiger partial charge in [-0.1, -0.05) is 0 Å². The number of rotatable bonds is 7. The Morgan fingerprint density at radius 3 is 2.50 bits per heavy atom. The molecule has 6 nitrogen and oxygen atoms in total. The van der Waals surface area contributed by atoms with Crippen molar-refractivity contribution in [2.24, 2.45) is 0 Å². The molecule has 1 aromatic rings. The van der Waals surface area contributed by atoms with Crippen molar-refractivity contribution in [1.82, 2.24) is 5.32 Å². The Morgan fingerprint density at radius 1 is 1.30 bits per heavy atom. The van der Waals surface area contributed by atoms with E-state index in [1.54, 1.807) is 24.3 Å². The van der Waals surface area contributed by atoms with Crippen LogP contribution < -0.4 is 10.6 Å². The van der Waals surface area contributed by atoms with Gasteiger partial charge in [-0.15, -0.1) is 0 Å². The maximum absolute atomic E-state index is 11.6. The topological polar surface area (TPSA) is 87.7 Å². The zero-order valence-electron chi connectivity index (χ0n) is 11.7. The minimum atomic E-state index is -0.588. The predicted molar refractivity (Wildman–Crippen MR) is 76.0 cm³/mol. The van der Waals surface area contributed by atoms with Gasteiger partial charge in [-0.2, -0.15) is 0 Å². The molecule has 3 N–H and O–H groups in total. The van der Waals surface area contributed by atoms with E-state index in [-0.39, 0.29) is 18.4 Å². The van der Waals surface area contributed by atoms with Gasteiger partial charge in [0.25, 0.3) is 0 Å². The average Bonchev–Trinajstić information content (AvgIpc) is 2.39. The number of anilines is 1. The Labute approximate surface area is 118 Å². The average molecular weight is 280 g/mol. The van der Waals surface area contributed by atoms with Gasteiger partial charge in [-0.25, -0.2) is 4.79 Å². The molecule has 0 fully saturated rings. The van der Waals surface area contributed by atoms with E-state index in [4.69, 9.17) is 4.74 Å². The SMILES string of the molecule is COCC(O)CCNC(=O)Nc1ccc(C(C)=O)cc1. The minimum absolute atomic E-state index is 0.0202. The Kier molecular flexibility index (Phi) is 6.69. The molecule has 1 aromatic carbocycles. The molecule has 0 aromatic heterocycles. The molecule has 6 heteroatoms. The summed E-state index contributed by atoms with van der Waals surface area (Å²) in [6, 6.07) is 6.28. The number of carbonyl (C=O) groups is 2. The number of aliphatic hydroxyl groups is 1. The Morgan fingerprint density at radius 2 is 1.95 bits per heavy atom. The fourth-order valence-corrected chi connectivity index (χ4v) is 1.59. The maximum Gasteiger partial charge on any atom is 0.319 e. The molecule has 0 aliphatic carbocycles. The number of hydrogen-bond acceptors (Lipinski definition) is 4. The summed E-state index contributed by atoms with van der Waals surface area (Å²) in [6.07, 6.45) is -0.167. The summed E-state index contributed by atoms with van der Waals surface area (Å²) < 4.78 is 4.78. The van der Waals surface area contributed by atoms with Crippen LogP contribution in [0.2, 0.25) is 0 Å². The fraction of sp³-hybridized carbons (Fsp3) is 0.429. The highest BCUT2D eigenvalue weighted by molar-refractivity contribution is 5.95. The normalized spacial score (nSPS) is 11.8. The number of Topliss-reactive ketones (excluding diaryl/α,β-unsaturated/α-hetero) is 1. The largest absolute Gasteiger partial charge is 0.391 e. The van der Waals surface area contributed by atoms with E-state index in [1.165, 1.54) is 14.0 Å². The van der Waals surface area contributed by atoms with Crippen molar-refractivity contribution in [2.45, 2.75) is 19.4 Å². The number of nitrogens with one attached hydrogen (secondary N) is 2. The molecule has 0 radical (unpaired) electrons. The number of hydrogen-bond donors (Lipinski definition) is 3. The lowest BCUT2D eigenvalue weighted by atomic mass is 10.1. The van der Waals surface area contributed by atoms with Gasteiger partial charge in [-0.05, 0) is 37.6 Å². The molecule has 20 heavy (non-hydrogen) atoms. The molecule has 1 unspecified atom stereocenters. The Balaban J connectivity index is 2.33. The van der Waals surface area contributed by atoms with E-state index in [9.17, 15) is 14.7 Å². The summed E-state index contributed by atoms with van der Waals surface area (Å²) in [5, 5.41) is 14.7. The van der Waals surface area contributed by atoms with E-state index in [0.29, 0.717) is 24.2 Å². The van der Waals surface area contributed by atoms with Crippen LogP contribution in [0.3, 0.4) is 0 Å². The lowest BCUT2D eigenvalue weighted by molar-refractivity contribution is 0.0599. The standard InChI is InChI=1S/C14H20N2O4/c1-10(17)11-3-5-12(6-4-11)16-14(19)15-8-7-13(18)9-20-2/h3-6,13,18H,7-9H2,1-2H3,(H2,15,16,19). The maximum atomic E-state index is 11.6. The van der Waals surface area contributed by atoms with Crippen LogP contribution in [0.1, 0.15) is 23.7 Å². The number of benzene rings is 1. The zero-order chi connectivity index (χ0) is 15.0. The van der Waals surface area contributed by atoms with Crippen molar-refractivity contribution < 1.29 is 19.4 Å². The third-order valence-electron chi connectivity index (χ3n) is 2.67. The van der Waals surface area contributed by atoms with Gasteiger partial charge in [0.1, 0.15) is 0 Å². The highest BCUT2D eigenvalue weighted by Crippen LogP contribution is 2.09. The van der Waals surface area contributed by atoms with E-state index in [0.717, 1.165) is 0 Å². The number of carbonyl (C=O) groups excluding carboxylic acids is 2. The lowest BCUT2D eigenvalue weighted by Gasteiger charge is -2.11. The van der Waals surface area contributed by atoms with Crippen molar-refractivity contribution >= 4 is 17.5 Å². The molecule has 0 saturated heterocycles. The molecular formula is C14H20N2O4. The fourth-order valence-electron chi connectivity index (χ4n) is 1.59. The first-order valence-corrected chi connectivity index (χ1v) is 6.35. The van der Waals surface area contributed by atoms with Gasteiger partial charge in [0.2, 0.25) is 0 Å². The molecular weight excluding hydrogens is 260 g/mol. The molecule has 0 aliphatic rings.